The Morgan fingerprint density at radius 2 is 2.10 bits per heavy atom. The largest absolute Gasteiger partial charge is 0.477 e. The van der Waals surface area contributed by atoms with E-state index < -0.39 is 5.97 Å². The van der Waals surface area contributed by atoms with Gasteiger partial charge in [0.05, 0.1) is 0 Å². The van der Waals surface area contributed by atoms with Gasteiger partial charge < -0.3 is 10.4 Å². The van der Waals surface area contributed by atoms with Crippen LogP contribution in [-0.2, 0) is 6.42 Å². The smallest absolute Gasteiger partial charge is 0.354 e. The van der Waals surface area contributed by atoms with Crippen molar-refractivity contribution in [1.29, 1.82) is 0 Å². The molecule has 4 rings (SSSR count). The van der Waals surface area contributed by atoms with Crippen LogP contribution in [-0.4, -0.2) is 22.6 Å². The lowest BCUT2D eigenvalue weighted by molar-refractivity contribution is 0.0690. The van der Waals surface area contributed by atoms with Gasteiger partial charge in [-0.1, -0.05) is 30.3 Å². The highest BCUT2D eigenvalue weighted by molar-refractivity contribution is 5.85. The summed E-state index contributed by atoms with van der Waals surface area (Å²) in [6.07, 6.45) is 1.18. The van der Waals surface area contributed by atoms with Gasteiger partial charge in [0, 0.05) is 6.54 Å². The Morgan fingerprint density at radius 1 is 1.24 bits per heavy atom. The molecule has 0 amide bonds. The minimum atomic E-state index is -0.990. The summed E-state index contributed by atoms with van der Waals surface area (Å²) in [7, 11) is 0. The monoisotopic (exact) mass is 280 g/mol. The predicted octanol–water partition coefficient (Wildman–Crippen LogP) is 2.78. The highest BCUT2D eigenvalue weighted by atomic mass is 16.4. The van der Waals surface area contributed by atoms with Gasteiger partial charge in [-0.2, -0.15) is 0 Å². The summed E-state index contributed by atoms with van der Waals surface area (Å²) in [4.78, 5) is 15.0. The van der Waals surface area contributed by atoms with Crippen molar-refractivity contribution in [2.45, 2.75) is 12.3 Å². The van der Waals surface area contributed by atoms with E-state index in [1.54, 1.807) is 6.07 Å². The zero-order valence-corrected chi connectivity index (χ0v) is 11.5. The van der Waals surface area contributed by atoms with Gasteiger partial charge in [-0.15, -0.1) is 0 Å². The quantitative estimate of drug-likeness (QED) is 0.904. The fourth-order valence-corrected chi connectivity index (χ4v) is 3.64. The van der Waals surface area contributed by atoms with Gasteiger partial charge >= 0.3 is 5.97 Å². The van der Waals surface area contributed by atoms with E-state index in [0.717, 1.165) is 12.5 Å². The number of hydrogen-bond acceptors (Lipinski definition) is 3. The Hall–Kier alpha value is -2.36. The average Bonchev–Trinajstić information content (AvgIpc) is 3.04. The predicted molar refractivity (Wildman–Crippen MR) is 79.6 cm³/mol. The molecule has 21 heavy (non-hydrogen) atoms. The van der Waals surface area contributed by atoms with Crippen LogP contribution >= 0.6 is 0 Å². The fraction of sp³-hybridized carbons (Fsp3) is 0.294. The van der Waals surface area contributed by atoms with Gasteiger partial charge in [0.25, 0.3) is 0 Å². The summed E-state index contributed by atoms with van der Waals surface area (Å²) in [5.74, 6) is 1.73. The number of carbonyl (C=O) groups is 1. The average molecular weight is 280 g/mol. The van der Waals surface area contributed by atoms with E-state index >= 15 is 0 Å². The molecule has 4 nitrogen and oxygen atoms in total. The second-order valence-corrected chi connectivity index (χ2v) is 5.85. The molecule has 1 aromatic heterocycles. The van der Waals surface area contributed by atoms with E-state index in [4.69, 9.17) is 5.11 Å². The molecule has 3 unspecified atom stereocenters. The summed E-state index contributed by atoms with van der Waals surface area (Å²) in [5.41, 5.74) is 3.08. The number of carboxylic acids is 1. The third-order valence-electron chi connectivity index (χ3n) is 4.69. The van der Waals surface area contributed by atoms with E-state index in [9.17, 15) is 4.79 Å². The fourth-order valence-electron chi connectivity index (χ4n) is 3.64. The lowest BCUT2D eigenvalue weighted by Gasteiger charge is -2.09. The third-order valence-corrected chi connectivity index (χ3v) is 4.69. The molecule has 0 bridgehead atoms. The molecule has 1 fully saturated rings. The molecule has 3 atom stereocenters. The first-order valence-electron chi connectivity index (χ1n) is 7.26. The number of aromatic carboxylic acids is 1. The number of carboxylic acid groups (broad SMARTS) is 1. The molecule has 1 heterocycles. The van der Waals surface area contributed by atoms with Crippen LogP contribution in [0.2, 0.25) is 0 Å². The van der Waals surface area contributed by atoms with E-state index in [2.05, 4.69) is 34.6 Å². The van der Waals surface area contributed by atoms with Crippen LogP contribution in [0, 0.1) is 11.8 Å². The molecule has 2 aliphatic rings. The second kappa shape index (κ2) is 4.58. The lowest BCUT2D eigenvalue weighted by atomic mass is 10.0. The van der Waals surface area contributed by atoms with Crippen LogP contribution in [0.5, 0.6) is 0 Å². The van der Waals surface area contributed by atoms with Crippen molar-refractivity contribution in [2.75, 3.05) is 11.9 Å². The minimum absolute atomic E-state index is 0.0846. The second-order valence-electron chi connectivity index (χ2n) is 5.85. The maximum Gasteiger partial charge on any atom is 0.354 e. The third kappa shape index (κ3) is 2.07. The Labute approximate surface area is 122 Å². The highest BCUT2D eigenvalue weighted by Crippen LogP contribution is 2.61. The molecule has 0 radical (unpaired) electrons. The molecule has 106 valence electrons. The van der Waals surface area contributed by atoms with Crippen molar-refractivity contribution in [2.24, 2.45) is 11.8 Å². The normalized spacial score (nSPS) is 25.0. The molecular formula is C17H16N2O2. The molecule has 1 saturated carbocycles. The zero-order valence-electron chi connectivity index (χ0n) is 11.5. The van der Waals surface area contributed by atoms with E-state index in [1.165, 1.54) is 23.6 Å². The van der Waals surface area contributed by atoms with Crippen LogP contribution in [0.15, 0.2) is 42.5 Å². The van der Waals surface area contributed by atoms with Gasteiger partial charge in [-0.25, -0.2) is 9.78 Å². The summed E-state index contributed by atoms with van der Waals surface area (Å²) in [6.45, 7) is 0.861. The Kier molecular flexibility index (Phi) is 2.70. The number of nitrogens with one attached hydrogen (secondary N) is 1. The SMILES string of the molecule is O=C(O)c1cccc(NCC2C3Cc4ccccc4C23)n1. The van der Waals surface area contributed by atoms with Crippen molar-refractivity contribution in [3.05, 3.63) is 59.3 Å². The maximum atomic E-state index is 10.9. The molecule has 0 saturated heterocycles. The van der Waals surface area contributed by atoms with E-state index in [1.807, 2.05) is 6.07 Å². The number of fused-ring (bicyclic) bond motifs is 3. The molecule has 4 heteroatoms. The number of nitrogens with zero attached hydrogens (tertiary/aromatic N) is 1. The Balaban J connectivity index is 1.42. The topological polar surface area (TPSA) is 62.2 Å². The Bertz CT molecular complexity index is 713. The van der Waals surface area contributed by atoms with Crippen molar-refractivity contribution < 1.29 is 9.90 Å². The Morgan fingerprint density at radius 3 is 2.95 bits per heavy atom. The summed E-state index contributed by atoms with van der Waals surface area (Å²) in [5, 5.41) is 12.2. The molecule has 2 N–H and O–H groups in total. The van der Waals surface area contributed by atoms with Crippen molar-refractivity contribution in [1.82, 2.24) is 4.98 Å². The molecule has 0 spiro atoms. The van der Waals surface area contributed by atoms with Crippen LogP contribution in [0.4, 0.5) is 5.82 Å². The number of aromatic nitrogens is 1. The van der Waals surface area contributed by atoms with Gasteiger partial charge in [0.2, 0.25) is 0 Å². The van der Waals surface area contributed by atoms with Crippen LogP contribution in [0.1, 0.15) is 27.5 Å². The first kappa shape index (κ1) is 12.4. The number of hydrogen-bond donors (Lipinski definition) is 2. The van der Waals surface area contributed by atoms with Gasteiger partial charge in [0.1, 0.15) is 5.82 Å². The van der Waals surface area contributed by atoms with Crippen molar-refractivity contribution >= 4 is 11.8 Å². The van der Waals surface area contributed by atoms with Gasteiger partial charge in [0.15, 0.2) is 5.69 Å². The summed E-state index contributed by atoms with van der Waals surface area (Å²) < 4.78 is 0. The standard InChI is InChI=1S/C17H16N2O2/c20-17(21)14-6-3-7-15(19-14)18-9-13-12-8-10-4-1-2-5-11(10)16(12)13/h1-7,12-13,16H,8-9H2,(H,18,19)(H,20,21). The van der Waals surface area contributed by atoms with E-state index in [0.29, 0.717) is 17.7 Å². The number of rotatable bonds is 4. The van der Waals surface area contributed by atoms with Crippen molar-refractivity contribution in [3.63, 3.8) is 0 Å². The lowest BCUT2D eigenvalue weighted by Crippen LogP contribution is -2.10. The van der Waals surface area contributed by atoms with E-state index in [-0.39, 0.29) is 5.69 Å². The molecule has 2 aromatic rings. The van der Waals surface area contributed by atoms with Gasteiger partial charge in [-0.05, 0) is 47.4 Å². The summed E-state index contributed by atoms with van der Waals surface area (Å²) in [6, 6.07) is 13.7. The first-order valence-corrected chi connectivity index (χ1v) is 7.26. The molecule has 2 aliphatic carbocycles. The van der Waals surface area contributed by atoms with Gasteiger partial charge in [-0.3, -0.25) is 0 Å². The number of benzene rings is 1. The zero-order chi connectivity index (χ0) is 14.4. The first-order chi connectivity index (χ1) is 10.2. The molecular weight excluding hydrogens is 264 g/mol. The number of pyridine rings is 1. The minimum Gasteiger partial charge on any atom is -0.477 e. The highest BCUT2D eigenvalue weighted by Gasteiger charge is 2.54. The molecule has 1 aromatic carbocycles. The summed E-state index contributed by atoms with van der Waals surface area (Å²) >= 11 is 0. The number of anilines is 1. The van der Waals surface area contributed by atoms with Crippen LogP contribution < -0.4 is 5.32 Å². The van der Waals surface area contributed by atoms with Crippen molar-refractivity contribution in [3.8, 4) is 0 Å². The van der Waals surface area contributed by atoms with Crippen LogP contribution in [0.3, 0.4) is 0 Å². The van der Waals surface area contributed by atoms with Crippen LogP contribution in [0.25, 0.3) is 0 Å². The maximum absolute atomic E-state index is 10.9. The molecule has 0 aliphatic heterocycles.